The lowest BCUT2D eigenvalue weighted by Gasteiger charge is -2.20. The Bertz CT molecular complexity index is 382. The molecule has 1 N–H and O–H groups in total. The fraction of sp³-hybridized carbons (Fsp3) is 0.250. The largest absolute Gasteiger partial charge is 0.328 e. The maximum Gasteiger partial charge on any atom is 0.114 e. The molecule has 2 rings (SSSR count). The fourth-order valence-electron chi connectivity index (χ4n) is 1.60. The summed E-state index contributed by atoms with van der Waals surface area (Å²) in [5, 5.41) is 3.15. The van der Waals surface area contributed by atoms with Crippen molar-refractivity contribution in [2.45, 2.75) is 6.54 Å². The van der Waals surface area contributed by atoms with E-state index in [1.807, 2.05) is 25.5 Å². The van der Waals surface area contributed by atoms with E-state index in [4.69, 9.17) is 0 Å². The molecule has 0 fully saturated rings. The Hall–Kier alpha value is -1.61. The van der Waals surface area contributed by atoms with Crippen LogP contribution in [0, 0.1) is 0 Å². The van der Waals surface area contributed by atoms with Crippen LogP contribution in [0.3, 0.4) is 0 Å². The van der Waals surface area contributed by atoms with Crippen LogP contribution in [0.25, 0.3) is 0 Å². The van der Waals surface area contributed by atoms with E-state index in [1.54, 1.807) is 0 Å². The zero-order chi connectivity index (χ0) is 10.5. The number of nitrogens with one attached hydrogen (secondary N) is 1. The minimum Gasteiger partial charge on any atom is -0.328 e. The molecule has 1 aromatic carbocycles. The fourth-order valence-corrected chi connectivity index (χ4v) is 1.60. The molecule has 78 valence electrons. The standard InChI is InChI=1S/C12H15N3/c1-13-9-11-4-2-5-12(8-11)15-7-3-6-14-10-15/h2-8,13H,9-10H2,1H3. The van der Waals surface area contributed by atoms with E-state index in [-0.39, 0.29) is 0 Å². The Morgan fingerprint density at radius 1 is 1.47 bits per heavy atom. The topological polar surface area (TPSA) is 27.6 Å². The van der Waals surface area contributed by atoms with E-state index in [0.29, 0.717) is 6.67 Å². The Balaban J connectivity index is 2.17. The molecule has 15 heavy (non-hydrogen) atoms. The Morgan fingerprint density at radius 3 is 3.13 bits per heavy atom. The van der Waals surface area contributed by atoms with Gasteiger partial charge in [0, 0.05) is 24.6 Å². The molecule has 0 aromatic heterocycles. The molecular formula is C12H15N3. The minimum absolute atomic E-state index is 0.708. The van der Waals surface area contributed by atoms with Crippen molar-refractivity contribution >= 4 is 11.9 Å². The molecule has 3 nitrogen and oxygen atoms in total. The number of hydrogen-bond acceptors (Lipinski definition) is 3. The van der Waals surface area contributed by atoms with E-state index in [0.717, 1.165) is 6.54 Å². The average Bonchev–Trinajstić information content (AvgIpc) is 2.31. The summed E-state index contributed by atoms with van der Waals surface area (Å²) < 4.78 is 0. The van der Waals surface area contributed by atoms with Crippen LogP contribution in [0.2, 0.25) is 0 Å². The monoisotopic (exact) mass is 201 g/mol. The van der Waals surface area contributed by atoms with Crippen LogP contribution in [-0.4, -0.2) is 19.9 Å². The quantitative estimate of drug-likeness (QED) is 0.807. The summed E-state index contributed by atoms with van der Waals surface area (Å²) in [6.45, 7) is 1.61. The first kappa shape index (κ1) is 9.93. The summed E-state index contributed by atoms with van der Waals surface area (Å²) in [6.07, 6.45) is 5.83. The van der Waals surface area contributed by atoms with Gasteiger partial charge in [0.15, 0.2) is 0 Å². The zero-order valence-electron chi connectivity index (χ0n) is 8.85. The molecule has 0 saturated heterocycles. The molecule has 1 aliphatic rings. The number of anilines is 1. The summed E-state index contributed by atoms with van der Waals surface area (Å²) in [5.74, 6) is 0. The third-order valence-corrected chi connectivity index (χ3v) is 2.31. The van der Waals surface area contributed by atoms with Crippen LogP contribution in [0.1, 0.15) is 5.56 Å². The maximum atomic E-state index is 4.21. The summed E-state index contributed by atoms with van der Waals surface area (Å²) in [7, 11) is 1.96. The second-order valence-electron chi connectivity index (χ2n) is 3.48. The minimum atomic E-state index is 0.708. The van der Waals surface area contributed by atoms with Crippen molar-refractivity contribution in [2.24, 2.45) is 4.99 Å². The van der Waals surface area contributed by atoms with Gasteiger partial charge in [0.1, 0.15) is 6.67 Å². The average molecular weight is 201 g/mol. The molecule has 1 aliphatic heterocycles. The van der Waals surface area contributed by atoms with E-state index in [1.165, 1.54) is 11.3 Å². The predicted octanol–water partition coefficient (Wildman–Crippen LogP) is 1.77. The highest BCUT2D eigenvalue weighted by atomic mass is 15.2. The Morgan fingerprint density at radius 2 is 2.40 bits per heavy atom. The molecule has 0 radical (unpaired) electrons. The van der Waals surface area contributed by atoms with Crippen molar-refractivity contribution in [3.63, 3.8) is 0 Å². The molecule has 1 heterocycles. The summed E-state index contributed by atoms with van der Waals surface area (Å²) in [4.78, 5) is 6.33. The highest BCUT2D eigenvalue weighted by Gasteiger charge is 2.03. The van der Waals surface area contributed by atoms with Gasteiger partial charge >= 0.3 is 0 Å². The van der Waals surface area contributed by atoms with Crippen molar-refractivity contribution in [3.05, 3.63) is 42.1 Å². The van der Waals surface area contributed by atoms with Gasteiger partial charge in [0.25, 0.3) is 0 Å². The van der Waals surface area contributed by atoms with E-state index >= 15 is 0 Å². The van der Waals surface area contributed by atoms with Crippen LogP contribution in [-0.2, 0) is 6.54 Å². The summed E-state index contributed by atoms with van der Waals surface area (Å²) >= 11 is 0. The van der Waals surface area contributed by atoms with Gasteiger partial charge in [-0.1, -0.05) is 12.1 Å². The van der Waals surface area contributed by atoms with Gasteiger partial charge in [0.05, 0.1) is 0 Å². The van der Waals surface area contributed by atoms with Crippen LogP contribution in [0.4, 0.5) is 5.69 Å². The molecule has 0 aliphatic carbocycles. The van der Waals surface area contributed by atoms with Crippen molar-refractivity contribution in [2.75, 3.05) is 18.6 Å². The molecule has 1 aromatic rings. The molecule has 0 atom stereocenters. The number of rotatable bonds is 3. The molecule has 0 amide bonds. The zero-order valence-corrected chi connectivity index (χ0v) is 8.85. The first-order valence-corrected chi connectivity index (χ1v) is 5.07. The number of aliphatic imine (C=N–C) groups is 1. The van der Waals surface area contributed by atoms with Crippen LogP contribution in [0.15, 0.2) is 41.5 Å². The van der Waals surface area contributed by atoms with Crippen molar-refractivity contribution in [1.82, 2.24) is 5.32 Å². The number of hydrogen-bond donors (Lipinski definition) is 1. The highest BCUT2D eigenvalue weighted by Crippen LogP contribution is 2.17. The van der Waals surface area contributed by atoms with E-state index in [2.05, 4.69) is 39.5 Å². The Labute approximate surface area is 90.1 Å². The first-order chi connectivity index (χ1) is 7.40. The van der Waals surface area contributed by atoms with Crippen LogP contribution >= 0.6 is 0 Å². The summed E-state index contributed by atoms with van der Waals surface area (Å²) in [6, 6.07) is 8.48. The van der Waals surface area contributed by atoms with Gasteiger partial charge in [-0.2, -0.15) is 0 Å². The highest BCUT2D eigenvalue weighted by molar-refractivity contribution is 5.74. The van der Waals surface area contributed by atoms with Crippen molar-refractivity contribution in [3.8, 4) is 0 Å². The number of nitrogens with zero attached hydrogens (tertiary/aromatic N) is 2. The lowest BCUT2D eigenvalue weighted by molar-refractivity contribution is 0.817. The first-order valence-electron chi connectivity index (χ1n) is 5.07. The van der Waals surface area contributed by atoms with Crippen LogP contribution in [0.5, 0.6) is 0 Å². The second kappa shape index (κ2) is 4.75. The lowest BCUT2D eigenvalue weighted by atomic mass is 10.2. The van der Waals surface area contributed by atoms with Gasteiger partial charge in [-0.15, -0.1) is 0 Å². The van der Waals surface area contributed by atoms with Crippen molar-refractivity contribution < 1.29 is 0 Å². The summed E-state index contributed by atoms with van der Waals surface area (Å²) in [5.41, 5.74) is 2.48. The lowest BCUT2D eigenvalue weighted by Crippen LogP contribution is -2.18. The predicted molar refractivity (Wildman–Crippen MR) is 64.2 cm³/mol. The van der Waals surface area contributed by atoms with Gasteiger partial charge in [-0.05, 0) is 30.8 Å². The molecular weight excluding hydrogens is 186 g/mol. The van der Waals surface area contributed by atoms with E-state index in [9.17, 15) is 0 Å². The smallest absolute Gasteiger partial charge is 0.114 e. The molecule has 0 unspecified atom stereocenters. The van der Waals surface area contributed by atoms with Gasteiger partial charge in [-0.25, -0.2) is 0 Å². The Kier molecular flexibility index (Phi) is 3.15. The van der Waals surface area contributed by atoms with Gasteiger partial charge in [-0.3, -0.25) is 4.99 Å². The third kappa shape index (κ3) is 2.44. The van der Waals surface area contributed by atoms with Crippen molar-refractivity contribution in [1.29, 1.82) is 0 Å². The van der Waals surface area contributed by atoms with Crippen LogP contribution < -0.4 is 10.2 Å². The van der Waals surface area contributed by atoms with E-state index < -0.39 is 0 Å². The maximum absolute atomic E-state index is 4.21. The van der Waals surface area contributed by atoms with Gasteiger partial charge in [0.2, 0.25) is 0 Å². The second-order valence-corrected chi connectivity index (χ2v) is 3.48. The SMILES string of the molecule is CNCc1cccc(N2C=CC=NC2)c1. The third-order valence-electron chi connectivity index (χ3n) is 2.31. The molecule has 0 saturated carbocycles. The number of benzene rings is 1. The van der Waals surface area contributed by atoms with Gasteiger partial charge < -0.3 is 10.2 Å². The normalized spacial score (nSPS) is 14.6. The molecule has 3 heteroatoms. The molecule has 0 bridgehead atoms. The molecule has 0 spiro atoms. The number of allylic oxidation sites excluding steroid dienone is 1.